The van der Waals surface area contributed by atoms with Crippen molar-refractivity contribution in [3.05, 3.63) is 184 Å². The number of rotatable bonds is 0. The van der Waals surface area contributed by atoms with Crippen LogP contribution in [0.15, 0.2) is 157 Å². The fraction of sp³-hybridized carbons (Fsp3) is 0.0444. The quantitative estimate of drug-likeness (QED) is 0.153. The number of fused-ring (bicyclic) bond motifs is 17. The van der Waals surface area contributed by atoms with E-state index in [-0.39, 0.29) is 5.56 Å². The smallest absolute Gasteiger partial charge is 0.263 e. The molecule has 6 aromatic carbocycles. The second-order valence-electron chi connectivity index (χ2n) is 13.2. The maximum Gasteiger partial charge on any atom is 0.263 e. The molecule has 0 atom stereocenters. The number of allylic oxidation sites excluding steroid dienone is 5. The van der Waals surface area contributed by atoms with Gasteiger partial charge < -0.3 is 0 Å². The van der Waals surface area contributed by atoms with Gasteiger partial charge in [0.1, 0.15) is 0 Å². The molecule has 9 aromatic rings. The zero-order chi connectivity index (χ0) is 31.7. The number of aromatic nitrogens is 1. The Morgan fingerprint density at radius 2 is 1.31 bits per heavy atom. The number of pyridine rings is 1. The third-order valence-electron chi connectivity index (χ3n) is 11.0. The molecular weight excluding hydrogens is 603 g/mol. The lowest BCUT2D eigenvalue weighted by molar-refractivity contribution is 0.761. The number of hydrogen-bond acceptors (Lipinski definition) is 2. The fourth-order valence-electron chi connectivity index (χ4n) is 9.13. The van der Waals surface area contributed by atoms with Crippen molar-refractivity contribution in [2.75, 3.05) is 0 Å². The van der Waals surface area contributed by atoms with E-state index >= 15 is 0 Å². The van der Waals surface area contributed by atoms with E-state index < -0.39 is 5.41 Å². The van der Waals surface area contributed by atoms with E-state index in [1.165, 1.54) is 58.9 Å². The second kappa shape index (κ2) is 9.19. The summed E-state index contributed by atoms with van der Waals surface area (Å²) in [4.78, 5) is 14.9. The van der Waals surface area contributed by atoms with Crippen molar-refractivity contribution in [3.63, 3.8) is 0 Å². The first-order chi connectivity index (χ1) is 23.7. The van der Waals surface area contributed by atoms with Crippen molar-refractivity contribution >= 4 is 69.5 Å². The summed E-state index contributed by atoms with van der Waals surface area (Å²) in [5, 5.41) is 7.69. The molecule has 3 heteroatoms. The van der Waals surface area contributed by atoms with Gasteiger partial charge in [0.05, 0.1) is 16.4 Å². The van der Waals surface area contributed by atoms with Crippen LogP contribution in [0.2, 0.25) is 0 Å². The van der Waals surface area contributed by atoms with Crippen LogP contribution >= 0.6 is 11.3 Å². The Labute approximate surface area is 280 Å². The van der Waals surface area contributed by atoms with Crippen molar-refractivity contribution < 1.29 is 0 Å². The molecule has 0 fully saturated rings. The molecule has 3 aromatic heterocycles. The largest absolute Gasteiger partial charge is 0.275 e. The van der Waals surface area contributed by atoms with Crippen LogP contribution in [-0.2, 0) is 11.8 Å². The first-order valence-electron chi connectivity index (χ1n) is 16.5. The maximum absolute atomic E-state index is 14.9. The average Bonchev–Trinajstić information content (AvgIpc) is 3.78. The predicted molar refractivity (Wildman–Crippen MR) is 203 cm³/mol. The van der Waals surface area contributed by atoms with E-state index in [0.29, 0.717) is 6.42 Å². The monoisotopic (exact) mass is 629 g/mol. The third kappa shape index (κ3) is 3.02. The van der Waals surface area contributed by atoms with E-state index in [1.807, 2.05) is 23.5 Å². The van der Waals surface area contributed by atoms with Gasteiger partial charge in [-0.2, -0.15) is 0 Å². The lowest BCUT2D eigenvalue weighted by Crippen LogP contribution is -2.30. The van der Waals surface area contributed by atoms with E-state index in [1.54, 1.807) is 0 Å². The number of benzene rings is 6. The van der Waals surface area contributed by atoms with Crippen molar-refractivity contribution in [2.45, 2.75) is 11.8 Å². The predicted octanol–water partition coefficient (Wildman–Crippen LogP) is 11.1. The van der Waals surface area contributed by atoms with Gasteiger partial charge in [0.2, 0.25) is 0 Å². The summed E-state index contributed by atoms with van der Waals surface area (Å²) in [5.41, 5.74) is 9.78. The molecular formula is C45H27NOS. The van der Waals surface area contributed by atoms with E-state index in [2.05, 4.69) is 132 Å². The van der Waals surface area contributed by atoms with Crippen LogP contribution in [0.4, 0.5) is 0 Å². The standard InChI is InChI=1S/C45H27NOS/c1-26-13-3-2-4-19-33-38(45(26)36-20-10-7-14-27(36)28-15-8-11-21-37(28)45)24-23-31-34-25-35-29-16-9-12-22-39(29)48-43(35)40-30-17-5-6-18-32(30)44(47)46(41(31)33)42(34)40/h2-18,20-25H,1,19H2/b4-2-,13-3-. The van der Waals surface area contributed by atoms with Gasteiger partial charge in [-0.25, -0.2) is 0 Å². The lowest BCUT2D eigenvalue weighted by Gasteiger charge is -2.35. The number of hydrogen-bond donors (Lipinski definition) is 0. The van der Waals surface area contributed by atoms with E-state index in [4.69, 9.17) is 6.58 Å². The summed E-state index contributed by atoms with van der Waals surface area (Å²) in [6.07, 6.45) is 9.34. The van der Waals surface area contributed by atoms with Crippen molar-refractivity contribution in [2.24, 2.45) is 0 Å². The SMILES string of the molecule is C=C1/C=C\C=C/Cc2c(ccc3c4cc5c6ccccc6sc5c5c6ccccc6c(=O)n(c23)c45)C12c1ccccc1-c1ccccc12. The Kier molecular flexibility index (Phi) is 5.04. The zero-order valence-corrected chi connectivity index (χ0v) is 26.8. The second-order valence-corrected chi connectivity index (χ2v) is 14.2. The van der Waals surface area contributed by atoms with Gasteiger partial charge in [-0.1, -0.05) is 128 Å². The van der Waals surface area contributed by atoms with Crippen molar-refractivity contribution in [3.8, 4) is 11.1 Å². The minimum Gasteiger partial charge on any atom is -0.275 e. The molecule has 0 amide bonds. The molecule has 0 saturated heterocycles. The van der Waals surface area contributed by atoms with Crippen LogP contribution in [0.25, 0.3) is 69.3 Å². The van der Waals surface area contributed by atoms with Crippen LogP contribution in [0.1, 0.15) is 22.3 Å². The fourth-order valence-corrected chi connectivity index (χ4v) is 10.4. The van der Waals surface area contributed by atoms with E-state index in [9.17, 15) is 4.79 Å². The molecule has 2 nitrogen and oxygen atoms in total. The topological polar surface area (TPSA) is 21.5 Å². The summed E-state index contributed by atoms with van der Waals surface area (Å²) in [6.45, 7) is 4.79. The Balaban J connectivity index is 1.40. The van der Waals surface area contributed by atoms with Crippen molar-refractivity contribution in [1.82, 2.24) is 4.40 Å². The highest BCUT2D eigenvalue weighted by molar-refractivity contribution is 7.26. The molecule has 0 radical (unpaired) electrons. The first-order valence-corrected chi connectivity index (χ1v) is 17.3. The Morgan fingerprint density at radius 1 is 0.625 bits per heavy atom. The minimum absolute atomic E-state index is 0.0361. The molecule has 3 heterocycles. The summed E-state index contributed by atoms with van der Waals surface area (Å²) in [7, 11) is 0. The highest BCUT2D eigenvalue weighted by Crippen LogP contribution is 2.58. The third-order valence-corrected chi connectivity index (χ3v) is 12.2. The highest BCUT2D eigenvalue weighted by atomic mass is 32.1. The number of thiophene rings is 1. The molecule has 2 aliphatic rings. The first kappa shape index (κ1) is 26.3. The van der Waals surface area contributed by atoms with Crippen LogP contribution < -0.4 is 5.56 Å². The molecule has 0 bridgehead atoms. The van der Waals surface area contributed by atoms with E-state index in [0.717, 1.165) is 38.2 Å². The molecule has 0 saturated carbocycles. The molecule has 0 unspecified atom stereocenters. The molecule has 0 aliphatic heterocycles. The van der Waals surface area contributed by atoms with Gasteiger partial charge in [0.15, 0.2) is 0 Å². The average molecular weight is 630 g/mol. The van der Waals surface area contributed by atoms with Gasteiger partial charge in [-0.3, -0.25) is 9.20 Å². The zero-order valence-electron chi connectivity index (χ0n) is 26.0. The highest BCUT2D eigenvalue weighted by Gasteiger charge is 2.47. The lowest BCUT2D eigenvalue weighted by atomic mass is 9.66. The van der Waals surface area contributed by atoms with Crippen LogP contribution in [0.5, 0.6) is 0 Å². The molecule has 0 N–H and O–H groups in total. The van der Waals surface area contributed by atoms with Crippen LogP contribution in [0, 0.1) is 0 Å². The molecule has 48 heavy (non-hydrogen) atoms. The molecule has 11 rings (SSSR count). The molecule has 1 spiro atoms. The minimum atomic E-state index is -0.606. The Hall–Kier alpha value is -5.77. The summed E-state index contributed by atoms with van der Waals surface area (Å²) < 4.78 is 4.56. The van der Waals surface area contributed by atoms with Gasteiger partial charge in [-0.05, 0) is 69.0 Å². The van der Waals surface area contributed by atoms with Crippen LogP contribution in [-0.4, -0.2) is 4.40 Å². The van der Waals surface area contributed by atoms with Gasteiger partial charge in [0, 0.05) is 41.7 Å². The summed E-state index contributed by atoms with van der Waals surface area (Å²) >= 11 is 1.83. The van der Waals surface area contributed by atoms with Gasteiger partial charge >= 0.3 is 0 Å². The van der Waals surface area contributed by atoms with Gasteiger partial charge in [-0.15, -0.1) is 11.3 Å². The Bertz CT molecular complexity index is 2980. The van der Waals surface area contributed by atoms with Crippen molar-refractivity contribution in [1.29, 1.82) is 0 Å². The maximum atomic E-state index is 14.9. The normalized spacial score (nSPS) is 16.5. The molecule has 2 aliphatic carbocycles. The van der Waals surface area contributed by atoms with Gasteiger partial charge in [0.25, 0.3) is 5.56 Å². The summed E-state index contributed by atoms with van der Waals surface area (Å²) in [5.74, 6) is 0. The summed E-state index contributed by atoms with van der Waals surface area (Å²) in [6, 6.07) is 41.4. The number of nitrogens with zero attached hydrogens (tertiary/aromatic N) is 1. The Morgan fingerprint density at radius 3 is 2.10 bits per heavy atom. The van der Waals surface area contributed by atoms with Crippen LogP contribution in [0.3, 0.4) is 0 Å². The molecule has 224 valence electrons.